The molecule has 0 spiro atoms. The fraction of sp³-hybridized carbons (Fsp3) is 0.286. The quantitative estimate of drug-likeness (QED) is 0.397. The van der Waals surface area contributed by atoms with Gasteiger partial charge in [0, 0.05) is 16.7 Å². The number of alkyl halides is 3. The fourth-order valence-corrected chi connectivity index (χ4v) is 1.27. The van der Waals surface area contributed by atoms with Crippen LogP contribution in [-0.4, -0.2) is 19.5 Å². The molecule has 0 atom stereocenters. The average Bonchev–Trinajstić information content (AvgIpc) is 2.48. The van der Waals surface area contributed by atoms with Crippen molar-refractivity contribution in [2.75, 3.05) is 0 Å². The highest BCUT2D eigenvalue weighted by Crippen LogP contribution is 2.30. The molecule has 1 aromatic heterocycles. The summed E-state index contributed by atoms with van der Waals surface area (Å²) in [6.45, 7) is -0.385. The molecule has 0 aliphatic rings. The zero-order valence-electron chi connectivity index (χ0n) is 7.17. The number of nitro groups is 1. The first-order valence-electron chi connectivity index (χ1n) is 3.71. The first kappa shape index (κ1) is 12.3. The summed E-state index contributed by atoms with van der Waals surface area (Å²) < 4.78 is -2.06. The molecule has 0 radical (unpaired) electrons. The Bertz CT molecular complexity index is 396. The number of hydrogen-bond acceptors (Lipinski definition) is 3. The normalized spacial score (nSPS) is 11.4. The van der Waals surface area contributed by atoms with Crippen LogP contribution in [0.3, 0.4) is 0 Å². The fourth-order valence-electron chi connectivity index (χ4n) is 0.963. The molecule has 82 valence electrons. The summed E-state index contributed by atoms with van der Waals surface area (Å²) >= 11 is 16.1. The van der Waals surface area contributed by atoms with Crippen molar-refractivity contribution in [2.45, 2.75) is 10.3 Å². The number of nitrogens with one attached hydrogen (secondary N) is 1. The predicted octanol–water partition coefficient (Wildman–Crippen LogP) is 2.34. The number of carbonyl (C=O) groups is 1. The van der Waals surface area contributed by atoms with Crippen molar-refractivity contribution in [1.29, 1.82) is 0 Å². The monoisotopic (exact) mass is 270 g/mol. The standard InChI is InChI=1S/C7H5Cl3N2O3/c8-7(9,10)6(13)5-1-4(2-11-5)3-12(14)15/h1-2,11H,3H2. The van der Waals surface area contributed by atoms with Crippen molar-refractivity contribution in [3.05, 3.63) is 33.6 Å². The van der Waals surface area contributed by atoms with E-state index in [1.165, 1.54) is 12.3 Å². The molecular formula is C7H5Cl3N2O3. The lowest BCUT2D eigenvalue weighted by Gasteiger charge is -2.06. The average molecular weight is 271 g/mol. The molecular weight excluding hydrogens is 266 g/mol. The molecule has 1 aromatic rings. The molecule has 1 N–H and O–H groups in total. The molecule has 0 aromatic carbocycles. The number of ketones is 1. The van der Waals surface area contributed by atoms with Gasteiger partial charge in [0.1, 0.15) is 0 Å². The third-order valence-corrected chi connectivity index (χ3v) is 2.07. The van der Waals surface area contributed by atoms with Crippen LogP contribution in [0.4, 0.5) is 0 Å². The zero-order chi connectivity index (χ0) is 11.6. The second-order valence-corrected chi connectivity index (χ2v) is 5.02. The van der Waals surface area contributed by atoms with Crippen molar-refractivity contribution in [3.63, 3.8) is 0 Å². The van der Waals surface area contributed by atoms with E-state index in [2.05, 4.69) is 4.98 Å². The molecule has 0 amide bonds. The number of nitrogens with zero attached hydrogens (tertiary/aromatic N) is 1. The van der Waals surface area contributed by atoms with E-state index in [1.54, 1.807) is 0 Å². The molecule has 0 saturated heterocycles. The maximum absolute atomic E-state index is 11.4. The summed E-state index contributed by atoms with van der Waals surface area (Å²) in [6.07, 6.45) is 1.33. The van der Waals surface area contributed by atoms with E-state index in [-0.39, 0.29) is 12.2 Å². The molecule has 0 fully saturated rings. The van der Waals surface area contributed by atoms with Crippen LogP contribution < -0.4 is 0 Å². The van der Waals surface area contributed by atoms with E-state index in [0.717, 1.165) is 0 Å². The van der Waals surface area contributed by atoms with E-state index in [0.29, 0.717) is 5.56 Å². The van der Waals surface area contributed by atoms with Gasteiger partial charge in [0.05, 0.1) is 5.69 Å². The van der Waals surface area contributed by atoms with Crippen molar-refractivity contribution in [2.24, 2.45) is 0 Å². The van der Waals surface area contributed by atoms with Gasteiger partial charge in [-0.1, -0.05) is 34.8 Å². The highest BCUT2D eigenvalue weighted by Gasteiger charge is 2.32. The Hall–Kier alpha value is -0.780. The molecule has 0 unspecified atom stereocenters. The Balaban J connectivity index is 2.85. The third kappa shape index (κ3) is 3.37. The summed E-state index contributed by atoms with van der Waals surface area (Å²) in [5.41, 5.74) is 0.379. The molecule has 8 heteroatoms. The highest BCUT2D eigenvalue weighted by molar-refractivity contribution is 6.77. The van der Waals surface area contributed by atoms with E-state index in [4.69, 9.17) is 34.8 Å². The van der Waals surface area contributed by atoms with Crippen LogP contribution in [0, 0.1) is 10.1 Å². The van der Waals surface area contributed by atoms with Crippen molar-refractivity contribution in [1.82, 2.24) is 4.98 Å². The van der Waals surface area contributed by atoms with Gasteiger partial charge in [0.15, 0.2) is 0 Å². The lowest BCUT2D eigenvalue weighted by Crippen LogP contribution is -2.19. The largest absolute Gasteiger partial charge is 0.358 e. The van der Waals surface area contributed by atoms with Crippen LogP contribution >= 0.6 is 34.8 Å². The SMILES string of the molecule is O=C(c1cc(C[N+](=O)[O-])c[nH]1)C(Cl)(Cl)Cl. The van der Waals surface area contributed by atoms with Crippen molar-refractivity contribution in [3.8, 4) is 0 Å². The van der Waals surface area contributed by atoms with Gasteiger partial charge in [-0.3, -0.25) is 14.9 Å². The molecule has 1 rings (SSSR count). The molecule has 0 aliphatic heterocycles. The van der Waals surface area contributed by atoms with Gasteiger partial charge in [-0.15, -0.1) is 0 Å². The van der Waals surface area contributed by atoms with Crippen LogP contribution in [0.15, 0.2) is 12.3 Å². The van der Waals surface area contributed by atoms with E-state index in [1.807, 2.05) is 0 Å². The smallest absolute Gasteiger partial charge is 0.254 e. The van der Waals surface area contributed by atoms with Crippen LogP contribution in [0.5, 0.6) is 0 Å². The summed E-state index contributed by atoms with van der Waals surface area (Å²) in [7, 11) is 0. The van der Waals surface area contributed by atoms with Gasteiger partial charge in [0.25, 0.3) is 3.79 Å². The lowest BCUT2D eigenvalue weighted by molar-refractivity contribution is -0.496. The highest BCUT2D eigenvalue weighted by atomic mass is 35.6. The van der Waals surface area contributed by atoms with Gasteiger partial charge < -0.3 is 4.98 Å². The first-order chi connectivity index (χ1) is 6.80. The Kier molecular flexibility index (Phi) is 3.59. The van der Waals surface area contributed by atoms with Crippen LogP contribution in [0.25, 0.3) is 0 Å². The minimum absolute atomic E-state index is 0.0341. The minimum atomic E-state index is -2.06. The number of Topliss-reactive ketones (excluding diaryl/α,β-unsaturated/α-hetero) is 1. The van der Waals surface area contributed by atoms with Gasteiger partial charge >= 0.3 is 0 Å². The van der Waals surface area contributed by atoms with Crippen LogP contribution in [-0.2, 0) is 6.54 Å². The lowest BCUT2D eigenvalue weighted by atomic mass is 10.2. The van der Waals surface area contributed by atoms with Gasteiger partial charge in [-0.2, -0.15) is 0 Å². The van der Waals surface area contributed by atoms with Crippen molar-refractivity contribution < 1.29 is 9.72 Å². The Morgan fingerprint density at radius 2 is 2.13 bits per heavy atom. The zero-order valence-corrected chi connectivity index (χ0v) is 9.44. The second kappa shape index (κ2) is 4.38. The topological polar surface area (TPSA) is 76.0 Å². The summed E-state index contributed by atoms with van der Waals surface area (Å²) in [5, 5.41) is 10.2. The van der Waals surface area contributed by atoms with Gasteiger partial charge in [-0.05, 0) is 6.07 Å². The van der Waals surface area contributed by atoms with Gasteiger partial charge in [0.2, 0.25) is 12.3 Å². The first-order valence-corrected chi connectivity index (χ1v) is 4.84. The van der Waals surface area contributed by atoms with E-state index >= 15 is 0 Å². The van der Waals surface area contributed by atoms with Crippen molar-refractivity contribution >= 4 is 40.6 Å². The molecule has 5 nitrogen and oxygen atoms in total. The van der Waals surface area contributed by atoms with E-state index < -0.39 is 14.5 Å². The predicted molar refractivity (Wildman–Crippen MR) is 56.1 cm³/mol. The third-order valence-electron chi connectivity index (χ3n) is 1.56. The van der Waals surface area contributed by atoms with Crippen LogP contribution in [0.2, 0.25) is 0 Å². The number of hydrogen-bond donors (Lipinski definition) is 1. The maximum Gasteiger partial charge on any atom is 0.254 e. The Morgan fingerprint density at radius 1 is 1.53 bits per heavy atom. The number of aromatic amines is 1. The van der Waals surface area contributed by atoms with Gasteiger partial charge in [-0.25, -0.2) is 0 Å². The molecule has 15 heavy (non-hydrogen) atoms. The molecule has 1 heterocycles. The van der Waals surface area contributed by atoms with E-state index in [9.17, 15) is 14.9 Å². The number of halogens is 3. The van der Waals surface area contributed by atoms with Crippen LogP contribution in [0.1, 0.15) is 16.1 Å². The molecule has 0 saturated carbocycles. The number of H-pyrrole nitrogens is 1. The summed E-state index contributed by atoms with van der Waals surface area (Å²) in [6, 6.07) is 1.28. The maximum atomic E-state index is 11.4. The second-order valence-electron chi connectivity index (χ2n) is 2.74. The Morgan fingerprint density at radius 3 is 2.60 bits per heavy atom. The molecule has 0 aliphatic carbocycles. The number of carbonyl (C=O) groups excluding carboxylic acids is 1. The minimum Gasteiger partial charge on any atom is -0.358 e. The summed E-state index contributed by atoms with van der Waals surface area (Å²) in [4.78, 5) is 23.5. The number of aromatic nitrogens is 1. The summed E-state index contributed by atoms with van der Waals surface area (Å²) in [5.74, 6) is -0.748. The Labute approximate surface area is 99.5 Å². The number of rotatable bonds is 3. The molecule has 0 bridgehead atoms.